The van der Waals surface area contributed by atoms with Crippen molar-refractivity contribution < 1.29 is 14.1 Å². The lowest BCUT2D eigenvalue weighted by Crippen LogP contribution is -2.49. The summed E-state index contributed by atoms with van der Waals surface area (Å²) in [6.07, 6.45) is 0. The summed E-state index contributed by atoms with van der Waals surface area (Å²) < 4.78 is 10.8. The molecule has 1 aliphatic rings. The van der Waals surface area contributed by atoms with Gasteiger partial charge in [-0.3, -0.25) is 9.69 Å². The van der Waals surface area contributed by atoms with Gasteiger partial charge in [0.25, 0.3) is 0 Å². The van der Waals surface area contributed by atoms with E-state index in [-0.39, 0.29) is 12.5 Å². The van der Waals surface area contributed by atoms with Crippen LogP contribution in [-0.4, -0.2) is 53.6 Å². The van der Waals surface area contributed by atoms with Crippen LogP contribution in [0.15, 0.2) is 40.9 Å². The number of piperazine rings is 1. The van der Waals surface area contributed by atoms with Crippen LogP contribution in [0.1, 0.15) is 17.0 Å². The largest absolute Gasteiger partial charge is 0.367 e. The number of benzene rings is 1. The van der Waals surface area contributed by atoms with Crippen LogP contribution >= 0.6 is 0 Å². The van der Waals surface area contributed by atoms with Crippen LogP contribution in [0.3, 0.4) is 0 Å². The molecule has 0 atom stereocenters. The average molecular weight is 329 g/mol. The van der Waals surface area contributed by atoms with Crippen molar-refractivity contribution in [1.82, 2.24) is 15.0 Å². The third-order valence-electron chi connectivity index (χ3n) is 4.12. The minimum absolute atomic E-state index is 0.0566. The number of nitrogens with zero attached hydrogens (tertiary/aromatic N) is 3. The molecule has 128 valence electrons. The molecule has 6 heteroatoms. The molecule has 1 amide bonds. The van der Waals surface area contributed by atoms with Crippen LogP contribution in [-0.2, 0) is 22.7 Å². The highest BCUT2D eigenvalue weighted by atomic mass is 16.5. The molecular formula is C18H23N3O3. The quantitative estimate of drug-likeness (QED) is 0.809. The SMILES string of the molecule is Cc1cc(CN2CCN(C(=O)COCc3ccccc3)CC2)on1. The van der Waals surface area contributed by atoms with Crippen LogP contribution in [0.4, 0.5) is 0 Å². The Kier molecular flexibility index (Phi) is 5.61. The molecule has 2 heterocycles. The van der Waals surface area contributed by atoms with Crippen molar-refractivity contribution in [3.8, 4) is 0 Å². The molecule has 1 aromatic heterocycles. The Hall–Kier alpha value is -2.18. The predicted molar refractivity (Wildman–Crippen MR) is 89.2 cm³/mol. The molecular weight excluding hydrogens is 306 g/mol. The Balaban J connectivity index is 1.37. The monoisotopic (exact) mass is 329 g/mol. The third kappa shape index (κ3) is 4.66. The Morgan fingerprint density at radius 1 is 1.21 bits per heavy atom. The molecule has 1 saturated heterocycles. The van der Waals surface area contributed by atoms with E-state index < -0.39 is 0 Å². The van der Waals surface area contributed by atoms with Gasteiger partial charge < -0.3 is 14.2 Å². The zero-order valence-corrected chi connectivity index (χ0v) is 14.0. The van der Waals surface area contributed by atoms with Crippen LogP contribution in [0.2, 0.25) is 0 Å². The molecule has 1 fully saturated rings. The van der Waals surface area contributed by atoms with Crippen LogP contribution in [0.25, 0.3) is 0 Å². The highest BCUT2D eigenvalue weighted by Crippen LogP contribution is 2.10. The number of hydrogen-bond donors (Lipinski definition) is 0. The van der Waals surface area contributed by atoms with Crippen molar-refractivity contribution >= 4 is 5.91 Å². The van der Waals surface area contributed by atoms with Crippen molar-refractivity contribution in [1.29, 1.82) is 0 Å². The molecule has 0 bridgehead atoms. The third-order valence-corrected chi connectivity index (χ3v) is 4.12. The lowest BCUT2D eigenvalue weighted by Gasteiger charge is -2.34. The number of amides is 1. The molecule has 0 aliphatic carbocycles. The summed E-state index contributed by atoms with van der Waals surface area (Å²) in [7, 11) is 0. The topological polar surface area (TPSA) is 58.8 Å². The highest BCUT2D eigenvalue weighted by Gasteiger charge is 2.21. The van der Waals surface area contributed by atoms with Gasteiger partial charge in [0.15, 0.2) is 5.76 Å². The van der Waals surface area contributed by atoms with Crippen LogP contribution in [0, 0.1) is 6.92 Å². The summed E-state index contributed by atoms with van der Waals surface area (Å²) in [4.78, 5) is 16.4. The van der Waals surface area contributed by atoms with Gasteiger partial charge in [0.05, 0.1) is 18.8 Å². The van der Waals surface area contributed by atoms with Gasteiger partial charge in [-0.15, -0.1) is 0 Å². The molecule has 24 heavy (non-hydrogen) atoms. The molecule has 2 aromatic rings. The Bertz CT molecular complexity index is 649. The van der Waals surface area contributed by atoms with Crippen molar-refractivity contribution in [3.63, 3.8) is 0 Å². The van der Waals surface area contributed by atoms with Crippen LogP contribution in [0.5, 0.6) is 0 Å². The molecule has 0 N–H and O–H groups in total. The van der Waals surface area contributed by atoms with E-state index in [0.717, 1.165) is 49.7 Å². The van der Waals surface area contributed by atoms with Gasteiger partial charge in [-0.25, -0.2) is 0 Å². The van der Waals surface area contributed by atoms with Crippen molar-refractivity contribution in [2.24, 2.45) is 0 Å². The summed E-state index contributed by atoms with van der Waals surface area (Å²) in [5.74, 6) is 0.930. The molecule has 6 nitrogen and oxygen atoms in total. The van der Waals surface area contributed by atoms with E-state index in [1.165, 1.54) is 0 Å². The number of carbonyl (C=O) groups is 1. The second-order valence-electron chi connectivity index (χ2n) is 6.07. The van der Waals surface area contributed by atoms with Gasteiger partial charge in [-0.05, 0) is 12.5 Å². The lowest BCUT2D eigenvalue weighted by molar-refractivity contribution is -0.138. The molecule has 0 radical (unpaired) electrons. The van der Waals surface area contributed by atoms with Gasteiger partial charge in [0, 0.05) is 32.2 Å². The van der Waals surface area contributed by atoms with Gasteiger partial charge in [-0.1, -0.05) is 35.5 Å². The molecule has 0 unspecified atom stereocenters. The van der Waals surface area contributed by atoms with E-state index in [1.807, 2.05) is 48.2 Å². The molecule has 1 aromatic carbocycles. The maximum absolute atomic E-state index is 12.2. The first-order valence-electron chi connectivity index (χ1n) is 8.25. The number of aromatic nitrogens is 1. The van der Waals surface area contributed by atoms with E-state index in [4.69, 9.17) is 9.26 Å². The van der Waals surface area contributed by atoms with E-state index in [2.05, 4.69) is 10.1 Å². The Labute approximate surface area is 142 Å². The molecule has 3 rings (SSSR count). The number of ether oxygens (including phenoxy) is 1. The highest BCUT2D eigenvalue weighted by molar-refractivity contribution is 5.77. The van der Waals surface area contributed by atoms with Gasteiger partial charge in [0.1, 0.15) is 6.61 Å². The average Bonchev–Trinajstić information content (AvgIpc) is 3.01. The Morgan fingerprint density at radius 3 is 2.62 bits per heavy atom. The van der Waals surface area contributed by atoms with Crippen molar-refractivity contribution in [2.45, 2.75) is 20.1 Å². The smallest absolute Gasteiger partial charge is 0.248 e. The van der Waals surface area contributed by atoms with Gasteiger partial charge in [0.2, 0.25) is 5.91 Å². The molecule has 0 spiro atoms. The van der Waals surface area contributed by atoms with Crippen LogP contribution < -0.4 is 0 Å². The van der Waals surface area contributed by atoms with Crippen molar-refractivity contribution in [2.75, 3.05) is 32.8 Å². The normalized spacial score (nSPS) is 15.6. The fraction of sp³-hybridized carbons (Fsp3) is 0.444. The zero-order chi connectivity index (χ0) is 16.8. The summed E-state index contributed by atoms with van der Waals surface area (Å²) in [6, 6.07) is 11.8. The minimum Gasteiger partial charge on any atom is -0.367 e. The first-order chi connectivity index (χ1) is 11.7. The second kappa shape index (κ2) is 8.08. The Morgan fingerprint density at radius 2 is 1.96 bits per heavy atom. The summed E-state index contributed by atoms with van der Waals surface area (Å²) >= 11 is 0. The fourth-order valence-electron chi connectivity index (χ4n) is 2.79. The first-order valence-corrected chi connectivity index (χ1v) is 8.25. The van der Waals surface area contributed by atoms with Gasteiger partial charge in [-0.2, -0.15) is 0 Å². The summed E-state index contributed by atoms with van der Waals surface area (Å²) in [5, 5.41) is 3.90. The van der Waals surface area contributed by atoms with E-state index in [9.17, 15) is 4.79 Å². The molecule has 0 saturated carbocycles. The standard InChI is InChI=1S/C18H23N3O3/c1-15-11-17(24-19-15)12-20-7-9-21(10-8-20)18(22)14-23-13-16-5-3-2-4-6-16/h2-6,11H,7-10,12-14H2,1H3. The predicted octanol–water partition coefficient (Wildman–Crippen LogP) is 1.84. The first kappa shape index (κ1) is 16.7. The fourth-order valence-corrected chi connectivity index (χ4v) is 2.79. The second-order valence-corrected chi connectivity index (χ2v) is 6.07. The summed E-state index contributed by atoms with van der Waals surface area (Å²) in [6.45, 7) is 6.38. The maximum Gasteiger partial charge on any atom is 0.248 e. The van der Waals surface area contributed by atoms with E-state index in [0.29, 0.717) is 6.61 Å². The number of hydrogen-bond acceptors (Lipinski definition) is 5. The minimum atomic E-state index is 0.0566. The van der Waals surface area contributed by atoms with Gasteiger partial charge >= 0.3 is 0 Å². The van der Waals surface area contributed by atoms with E-state index >= 15 is 0 Å². The van der Waals surface area contributed by atoms with Crippen molar-refractivity contribution in [3.05, 3.63) is 53.4 Å². The van der Waals surface area contributed by atoms with E-state index in [1.54, 1.807) is 0 Å². The lowest BCUT2D eigenvalue weighted by atomic mass is 10.2. The summed E-state index contributed by atoms with van der Waals surface area (Å²) in [5.41, 5.74) is 1.98. The number of carbonyl (C=O) groups excluding carboxylic acids is 1. The number of aryl methyl sites for hydroxylation is 1. The maximum atomic E-state index is 12.2. The zero-order valence-electron chi connectivity index (χ0n) is 14.0. The molecule has 1 aliphatic heterocycles. The number of rotatable bonds is 6.